The molecule has 1 atom stereocenters. The molecule has 6 nitrogen and oxygen atoms in total. The number of aromatic nitrogens is 1. The second-order valence-corrected chi connectivity index (χ2v) is 6.52. The zero-order valence-electron chi connectivity index (χ0n) is 10.7. The molecule has 0 bridgehead atoms. The number of nitrogens with zero attached hydrogens (tertiary/aromatic N) is 2. The number of rotatable bonds is 3. The van der Waals surface area contributed by atoms with E-state index in [1.165, 1.54) is 4.31 Å². The molecule has 0 radical (unpaired) electrons. The van der Waals surface area contributed by atoms with Gasteiger partial charge in [-0.1, -0.05) is 12.5 Å². The Hall–Kier alpha value is -1.47. The van der Waals surface area contributed by atoms with Gasteiger partial charge in [0.1, 0.15) is 11.9 Å². The van der Waals surface area contributed by atoms with Gasteiger partial charge in [-0.3, -0.25) is 4.79 Å². The highest BCUT2D eigenvalue weighted by molar-refractivity contribution is 7.88. The molecule has 1 aliphatic rings. The van der Waals surface area contributed by atoms with E-state index in [0.29, 0.717) is 18.8 Å². The van der Waals surface area contributed by atoms with E-state index in [9.17, 15) is 13.2 Å². The zero-order chi connectivity index (χ0) is 13.9. The van der Waals surface area contributed by atoms with Crippen LogP contribution in [0.1, 0.15) is 19.3 Å². The molecule has 0 aliphatic carbocycles. The van der Waals surface area contributed by atoms with Crippen LogP contribution in [0.5, 0.6) is 0 Å². The predicted molar refractivity (Wildman–Crippen MR) is 72.1 cm³/mol. The molecule has 0 saturated carbocycles. The smallest absolute Gasteiger partial charge is 0.243 e. The minimum absolute atomic E-state index is 0.316. The van der Waals surface area contributed by atoms with Crippen molar-refractivity contribution in [3.8, 4) is 0 Å². The van der Waals surface area contributed by atoms with Gasteiger partial charge in [0.15, 0.2) is 0 Å². The van der Waals surface area contributed by atoms with Crippen molar-refractivity contribution >= 4 is 21.7 Å². The van der Waals surface area contributed by atoms with Gasteiger partial charge in [0.25, 0.3) is 0 Å². The molecule has 104 valence electrons. The first-order valence-corrected chi connectivity index (χ1v) is 8.02. The molecular weight excluding hydrogens is 266 g/mol. The number of carbonyl (C=O) groups is 1. The first-order chi connectivity index (χ1) is 8.98. The van der Waals surface area contributed by atoms with Crippen LogP contribution >= 0.6 is 0 Å². The molecule has 1 N–H and O–H groups in total. The minimum atomic E-state index is -3.36. The van der Waals surface area contributed by atoms with E-state index in [1.807, 2.05) is 0 Å². The van der Waals surface area contributed by atoms with Crippen molar-refractivity contribution in [1.82, 2.24) is 9.29 Å². The highest BCUT2D eigenvalue weighted by atomic mass is 32.2. The molecule has 7 heteroatoms. The second kappa shape index (κ2) is 5.66. The summed E-state index contributed by atoms with van der Waals surface area (Å²) in [5, 5.41) is 2.66. The molecule has 2 rings (SSSR count). The molecule has 1 aromatic rings. The monoisotopic (exact) mass is 283 g/mol. The lowest BCUT2D eigenvalue weighted by atomic mass is 10.0. The molecular formula is C12H17N3O3S. The number of anilines is 1. The van der Waals surface area contributed by atoms with Crippen LogP contribution < -0.4 is 5.32 Å². The summed E-state index contributed by atoms with van der Waals surface area (Å²) in [4.78, 5) is 16.2. The van der Waals surface area contributed by atoms with Crippen LogP contribution in [-0.4, -0.2) is 42.5 Å². The topological polar surface area (TPSA) is 79.4 Å². The molecule has 2 heterocycles. The molecule has 1 amide bonds. The fourth-order valence-corrected chi connectivity index (χ4v) is 3.33. The number of pyridine rings is 1. The Balaban J connectivity index is 2.12. The Kier molecular flexibility index (Phi) is 4.16. The fraction of sp³-hybridized carbons (Fsp3) is 0.500. The molecule has 0 spiro atoms. The van der Waals surface area contributed by atoms with Gasteiger partial charge in [0.2, 0.25) is 15.9 Å². The number of carbonyl (C=O) groups excluding carboxylic acids is 1. The van der Waals surface area contributed by atoms with Crippen LogP contribution in [0.2, 0.25) is 0 Å². The largest absolute Gasteiger partial charge is 0.309 e. The van der Waals surface area contributed by atoms with Crippen molar-refractivity contribution in [1.29, 1.82) is 0 Å². The SMILES string of the molecule is CS(=O)(=O)N1CCCC[C@H]1C(=O)Nc1ccccn1. The summed E-state index contributed by atoms with van der Waals surface area (Å²) in [6.07, 6.45) is 4.91. The van der Waals surface area contributed by atoms with Gasteiger partial charge in [0, 0.05) is 12.7 Å². The van der Waals surface area contributed by atoms with Crippen LogP contribution in [0, 0.1) is 0 Å². The van der Waals surface area contributed by atoms with Crippen LogP contribution in [-0.2, 0) is 14.8 Å². The summed E-state index contributed by atoms with van der Waals surface area (Å²) in [5.74, 6) is 0.121. The van der Waals surface area contributed by atoms with Crippen LogP contribution in [0.3, 0.4) is 0 Å². The van der Waals surface area contributed by atoms with Crippen LogP contribution in [0.4, 0.5) is 5.82 Å². The summed E-state index contributed by atoms with van der Waals surface area (Å²) in [6, 6.07) is 4.55. The van der Waals surface area contributed by atoms with Crippen molar-refractivity contribution in [3.05, 3.63) is 24.4 Å². The number of piperidine rings is 1. The highest BCUT2D eigenvalue weighted by Crippen LogP contribution is 2.21. The predicted octanol–water partition coefficient (Wildman–Crippen LogP) is 0.834. The van der Waals surface area contributed by atoms with E-state index in [-0.39, 0.29) is 5.91 Å². The normalized spacial score (nSPS) is 21.0. The lowest BCUT2D eigenvalue weighted by molar-refractivity contribution is -0.120. The van der Waals surface area contributed by atoms with Gasteiger partial charge in [0.05, 0.1) is 6.26 Å². The first kappa shape index (κ1) is 14.0. The summed E-state index contributed by atoms with van der Waals surface area (Å²) < 4.78 is 24.6. The van der Waals surface area contributed by atoms with Crippen LogP contribution in [0.15, 0.2) is 24.4 Å². The zero-order valence-corrected chi connectivity index (χ0v) is 11.6. The van der Waals surface area contributed by atoms with E-state index in [2.05, 4.69) is 10.3 Å². The molecule has 1 aliphatic heterocycles. The fourth-order valence-electron chi connectivity index (χ4n) is 2.21. The van der Waals surface area contributed by atoms with Gasteiger partial charge in [-0.05, 0) is 25.0 Å². The van der Waals surface area contributed by atoms with Gasteiger partial charge >= 0.3 is 0 Å². The molecule has 1 aromatic heterocycles. The third-order valence-corrected chi connectivity index (χ3v) is 4.39. The average Bonchev–Trinajstić information content (AvgIpc) is 2.39. The number of hydrogen-bond donors (Lipinski definition) is 1. The Morgan fingerprint density at radius 1 is 1.42 bits per heavy atom. The Labute approximate surface area is 112 Å². The quantitative estimate of drug-likeness (QED) is 0.891. The molecule has 0 unspecified atom stereocenters. The maximum Gasteiger partial charge on any atom is 0.243 e. The maximum atomic E-state index is 12.2. The lowest BCUT2D eigenvalue weighted by Crippen LogP contribution is -2.49. The summed E-state index contributed by atoms with van der Waals surface area (Å²) >= 11 is 0. The molecule has 19 heavy (non-hydrogen) atoms. The van der Waals surface area contributed by atoms with Crippen molar-refractivity contribution in [2.75, 3.05) is 18.1 Å². The lowest BCUT2D eigenvalue weighted by Gasteiger charge is -2.32. The number of hydrogen-bond acceptors (Lipinski definition) is 4. The Bertz CT molecular complexity index is 545. The average molecular weight is 283 g/mol. The van der Waals surface area contributed by atoms with E-state index < -0.39 is 16.1 Å². The van der Waals surface area contributed by atoms with E-state index in [4.69, 9.17) is 0 Å². The van der Waals surface area contributed by atoms with Crippen molar-refractivity contribution < 1.29 is 13.2 Å². The third-order valence-electron chi connectivity index (χ3n) is 3.10. The first-order valence-electron chi connectivity index (χ1n) is 6.17. The van der Waals surface area contributed by atoms with Crippen molar-refractivity contribution in [3.63, 3.8) is 0 Å². The van der Waals surface area contributed by atoms with Gasteiger partial charge in [-0.25, -0.2) is 13.4 Å². The van der Waals surface area contributed by atoms with Gasteiger partial charge < -0.3 is 5.32 Å². The summed E-state index contributed by atoms with van der Waals surface area (Å²) in [7, 11) is -3.36. The third kappa shape index (κ3) is 3.51. The Morgan fingerprint density at radius 2 is 2.21 bits per heavy atom. The number of sulfonamides is 1. The number of nitrogens with one attached hydrogen (secondary N) is 1. The molecule has 1 saturated heterocycles. The second-order valence-electron chi connectivity index (χ2n) is 4.59. The maximum absolute atomic E-state index is 12.2. The highest BCUT2D eigenvalue weighted by Gasteiger charge is 2.34. The van der Waals surface area contributed by atoms with Crippen molar-refractivity contribution in [2.45, 2.75) is 25.3 Å². The summed E-state index contributed by atoms with van der Waals surface area (Å²) in [6.45, 7) is 0.402. The van der Waals surface area contributed by atoms with E-state index >= 15 is 0 Å². The molecule has 1 fully saturated rings. The standard InChI is InChI=1S/C12H17N3O3S/c1-19(17,18)15-9-5-3-6-10(15)12(16)14-11-7-2-4-8-13-11/h2,4,7-8,10H,3,5-6,9H2,1H3,(H,13,14,16)/t10-/m0/s1. The summed E-state index contributed by atoms with van der Waals surface area (Å²) in [5.41, 5.74) is 0. The van der Waals surface area contributed by atoms with Gasteiger partial charge in [-0.2, -0.15) is 4.31 Å². The molecule has 0 aromatic carbocycles. The van der Waals surface area contributed by atoms with Crippen LogP contribution in [0.25, 0.3) is 0 Å². The minimum Gasteiger partial charge on any atom is -0.309 e. The van der Waals surface area contributed by atoms with E-state index in [1.54, 1.807) is 24.4 Å². The Morgan fingerprint density at radius 3 is 2.84 bits per heavy atom. The van der Waals surface area contributed by atoms with Crippen molar-refractivity contribution in [2.24, 2.45) is 0 Å². The van der Waals surface area contributed by atoms with E-state index in [0.717, 1.165) is 19.1 Å². The van der Waals surface area contributed by atoms with Gasteiger partial charge in [-0.15, -0.1) is 0 Å². The number of amides is 1.